The molecule has 0 bridgehead atoms. The van der Waals surface area contributed by atoms with E-state index in [1.165, 1.54) is 0 Å². The van der Waals surface area contributed by atoms with Crippen molar-refractivity contribution in [2.45, 2.75) is 0 Å². The maximum atomic E-state index is 9.66. The Morgan fingerprint density at radius 1 is 0.110 bits per heavy atom. The van der Waals surface area contributed by atoms with E-state index in [1.807, 2.05) is 0 Å². The first-order valence-corrected chi connectivity index (χ1v) is 37.2. The molecule has 3 nitrogen and oxygen atoms in total. The molecule has 0 aliphatic carbocycles. The highest BCUT2D eigenvalue weighted by Crippen LogP contribution is 2.50. The molecule has 592 valence electrons. The fourth-order valence-corrected chi connectivity index (χ4v) is 14.6. The monoisotopic (exact) mass is 1690 g/mol. The Labute approximate surface area is 843 Å². The summed E-state index contributed by atoms with van der Waals surface area (Å²) in [4.78, 5) is 0. The average molecular weight is 1690 g/mol. The molecule has 23 aromatic carbocycles. The van der Waals surface area contributed by atoms with Crippen molar-refractivity contribution in [2.24, 2.45) is 0 Å². The maximum Gasteiger partial charge on any atom is 0.136 e. The minimum atomic E-state index is -1.01. The van der Waals surface area contributed by atoms with Crippen LogP contribution in [-0.4, -0.2) is 0 Å². The minimum Gasteiger partial charge on any atom is -0.456 e. The van der Waals surface area contributed by atoms with Crippen LogP contribution in [0.5, 0.6) is 0 Å². The molecule has 3 aromatic heterocycles. The molecule has 0 atom stereocenters. The second kappa shape index (κ2) is 31.3. The highest BCUT2D eigenvalue weighted by atomic mass is 16.3. The highest BCUT2D eigenvalue weighted by molar-refractivity contribution is 6.26. The Balaban J connectivity index is 0.000000153. The fraction of sp³-hybridized carbons (Fsp3) is 0. The molecule has 127 heavy (non-hydrogen) atoms. The van der Waals surface area contributed by atoms with Crippen molar-refractivity contribution in [3.05, 3.63) is 471 Å². The van der Waals surface area contributed by atoms with Crippen LogP contribution in [0.15, 0.2) is 485 Å². The van der Waals surface area contributed by atoms with E-state index >= 15 is 0 Å². The van der Waals surface area contributed by atoms with Crippen molar-refractivity contribution in [1.82, 2.24) is 0 Å². The number of fused-ring (bicyclic) bond motifs is 16. The Morgan fingerprint density at radius 3 is 0.606 bits per heavy atom. The van der Waals surface area contributed by atoms with Gasteiger partial charge in [-0.05, 0) is 265 Å². The van der Waals surface area contributed by atoms with Gasteiger partial charge < -0.3 is 13.3 Å². The summed E-state index contributed by atoms with van der Waals surface area (Å²) in [6, 6.07) is -69.4. The van der Waals surface area contributed by atoms with Gasteiger partial charge >= 0.3 is 0 Å². The lowest BCUT2D eigenvalue weighted by molar-refractivity contribution is 0.668. The topological polar surface area (TPSA) is 39.4 Å². The van der Waals surface area contributed by atoms with Gasteiger partial charge in [-0.1, -0.05) is 393 Å². The summed E-state index contributed by atoms with van der Waals surface area (Å²) in [7, 11) is 0. The van der Waals surface area contributed by atoms with E-state index in [-0.39, 0.29) is 0 Å². The molecule has 0 N–H and O–H groups in total. The zero-order chi connectivity index (χ0) is 152. The van der Waals surface area contributed by atoms with Gasteiger partial charge in [-0.3, -0.25) is 0 Å². The second-order valence-corrected chi connectivity index (χ2v) is 27.0. The molecular formula is C124H78O3. The lowest BCUT2D eigenvalue weighted by Gasteiger charge is -2.17. The molecule has 0 spiro atoms. The van der Waals surface area contributed by atoms with Crippen LogP contribution >= 0.6 is 0 Å². The predicted octanol–water partition coefficient (Wildman–Crippen LogP) is 35.5. The summed E-state index contributed by atoms with van der Waals surface area (Å²) in [6.07, 6.45) is 0. The van der Waals surface area contributed by atoms with Crippen molar-refractivity contribution in [1.29, 1.82) is 0 Å². The predicted molar refractivity (Wildman–Crippen MR) is 538 cm³/mol. The van der Waals surface area contributed by atoms with Gasteiger partial charge in [-0.15, -0.1) is 0 Å². The summed E-state index contributed by atoms with van der Waals surface area (Å²) in [5.41, 5.74) is -17.8. The number of rotatable bonds is 10. The number of hydrogen-bond acceptors (Lipinski definition) is 3. The van der Waals surface area contributed by atoms with Gasteiger partial charge in [0.2, 0.25) is 0 Å². The number of furan rings is 3. The van der Waals surface area contributed by atoms with Crippen LogP contribution in [0.4, 0.5) is 0 Å². The Morgan fingerprint density at radius 2 is 0.307 bits per heavy atom. The SMILES string of the molecule is [2H]c1c([2H])c([2H])c(-c2c([2H])c([2H])c(-c3c([2H])c([2H])c4oc5c([2H])c(-c6c7c([2H])c([2H])c([2H])c([2H])c7c(-c7c([2H])c([2H])c([2H])c([2H])c7[2H])c7c([2H])c([2H])c([2H])c([2H])c67)c([2H])c([2H])c5c4c3[2H])c([2H])c2[2H])c([2H])c1[2H].[2H]c1c([2H])c([2H])c(-c2c([2H])c([2H])c3oc4c([2H])c(-c5c6c([2H])c([2H])c([2H])c([2H])c6c(-c6c([2H])c([2H])c([2H])c([2H])c6[2H])c6c([2H])c([2H])c([2H])c([2H])c56)c([2H])c([2H])c4c3c2[2H])c([2H])c1[2H].[2H]c1c([2H])c([2H])c(-c2c3c([2H])c([2H])c([2H])c([2H])c3c(-c3c([2H])c([2H])c4c(oc5c([2H])c([2H])c(-c6c([2H])c([2H])c7c([2H])c([2H])c([2H])c([2H])c7c6[2H])c([2H])c54)c3[2H])c3c([2H])c([2H])c([2H])c([2H])c23)c([2H])c1[2H]. The third kappa shape index (κ3) is 13.1. The Hall–Kier alpha value is -16.7. The smallest absolute Gasteiger partial charge is 0.136 e. The van der Waals surface area contributed by atoms with Crippen molar-refractivity contribution in [3.8, 4) is 111 Å². The average Bonchev–Trinajstić information content (AvgIpc) is 1.67. The third-order valence-corrected chi connectivity index (χ3v) is 20.0. The molecule has 0 amide bonds. The molecule has 0 unspecified atom stereocenters. The molecule has 26 rings (SSSR count). The summed E-state index contributed by atoms with van der Waals surface area (Å²) in [5.74, 6) is 0. The quantitative estimate of drug-likeness (QED) is 0.128. The lowest BCUT2D eigenvalue weighted by Crippen LogP contribution is -1.90. The Kier molecular flexibility index (Phi) is 7.27. The van der Waals surface area contributed by atoms with Crippen LogP contribution in [0.2, 0.25) is 0 Å². The van der Waals surface area contributed by atoms with Crippen LogP contribution in [0.3, 0.4) is 0 Å². The van der Waals surface area contributed by atoms with E-state index in [0.29, 0.717) is 0 Å². The summed E-state index contributed by atoms with van der Waals surface area (Å²) in [6.45, 7) is 0. The summed E-state index contributed by atoms with van der Waals surface area (Å²) < 4.78 is 706. The molecule has 0 aliphatic rings. The van der Waals surface area contributed by atoms with Crippen LogP contribution < -0.4 is 0 Å². The van der Waals surface area contributed by atoms with Crippen molar-refractivity contribution >= 4 is 141 Å². The highest BCUT2D eigenvalue weighted by Gasteiger charge is 2.24. The first-order chi connectivity index (χ1) is 95.5. The first-order valence-electron chi connectivity index (χ1n) is 76.2. The largest absolute Gasteiger partial charge is 0.456 e. The van der Waals surface area contributed by atoms with Crippen LogP contribution in [0.25, 0.3) is 252 Å². The van der Waals surface area contributed by atoms with Gasteiger partial charge in [0.1, 0.15) is 33.5 Å². The zero-order valence-electron chi connectivity index (χ0n) is 141. The van der Waals surface area contributed by atoms with Crippen LogP contribution in [0, 0.1) is 0 Å². The van der Waals surface area contributed by atoms with Crippen LogP contribution in [-0.2, 0) is 0 Å². The fourth-order valence-electron chi connectivity index (χ4n) is 14.6. The van der Waals surface area contributed by atoms with Gasteiger partial charge in [0, 0.05) is 32.3 Å². The number of hydrogen-bond donors (Lipinski definition) is 0. The van der Waals surface area contributed by atoms with Gasteiger partial charge in [-0.25, -0.2) is 0 Å². The van der Waals surface area contributed by atoms with Gasteiger partial charge in [0.15, 0.2) is 0 Å². The molecule has 0 saturated carbocycles. The molecule has 0 radical (unpaired) electrons. The molecule has 3 heterocycles. The van der Waals surface area contributed by atoms with E-state index in [9.17, 15) is 30.2 Å². The second-order valence-electron chi connectivity index (χ2n) is 27.0. The molecule has 0 saturated heterocycles. The molecule has 0 fully saturated rings. The van der Waals surface area contributed by atoms with Crippen molar-refractivity contribution in [2.75, 3.05) is 0 Å². The van der Waals surface area contributed by atoms with Gasteiger partial charge in [-0.2, -0.15) is 0 Å². The van der Waals surface area contributed by atoms with Crippen LogP contribution in [0.1, 0.15) is 107 Å². The van der Waals surface area contributed by atoms with E-state index in [0.717, 1.165) is 0 Å². The van der Waals surface area contributed by atoms with E-state index in [1.54, 1.807) is 0 Å². The minimum absolute atomic E-state index is 0.471. The standard InChI is InChI=1S/C44H28O.C42H26O.C38H24O/c1-3-11-29(12-4-1)30-19-21-31(22-20-30)33-24-26-41-40(27-33)35-25-23-34(28-42(35)45-41)44-38-17-9-7-15-36(38)43(32-13-5-2-6-14-32)37-16-8-10-18-39(37)44;1-2-11-28(12-3-1)41-34-14-6-8-16-36(34)42(37-17-9-7-15-35(37)41)32-20-22-33-38-25-31(21-23-39(38)43-40(33)26-32)30-19-18-27-10-4-5-13-29(27)24-30;1-3-11-25(12-4-1)27-20-22-35-34(23-27)29-21-19-28(24-36(29)39-35)38-32-17-9-7-15-30(32)37(26-13-5-2-6-14-26)31-16-8-10-18-33(31)38/h1-28H;1-26H;1-24H/i1D,2D,3D,4D,5D,6D,7D,8D,9D,10D,11D,12D,13D,14D,15D,16D,17D,18D,19D,20D,21D,22D,23D,24D,25D,26D,27D,28D;1D,2D,3D,4D,5D,6D,7D,8D,9D,10D,11D,12D,13D,14D,15D,16D,17D,18D,19D,20D,21D,22D,23D,24D,25D,26D;1D,2D,3D,4D,5D,6D,7D,8D,9D,10D,11D,12D,13D,14D,15D,16D,17D,18D,19D,20D,21D,22D,23D,24D. The van der Waals surface area contributed by atoms with E-state index in [2.05, 4.69) is 0 Å². The third-order valence-electron chi connectivity index (χ3n) is 20.0. The molecule has 26 aromatic rings. The molecular weight excluding hydrogens is 1540 g/mol. The zero-order valence-corrected chi connectivity index (χ0v) is 63.2. The molecule has 0 aliphatic heterocycles. The van der Waals surface area contributed by atoms with Crippen molar-refractivity contribution in [3.63, 3.8) is 0 Å². The maximum absolute atomic E-state index is 9.66. The van der Waals surface area contributed by atoms with E-state index in [4.69, 9.17) is 90.0 Å². The van der Waals surface area contributed by atoms with E-state index < -0.39 is 724 Å². The number of benzene rings is 23. The summed E-state index contributed by atoms with van der Waals surface area (Å²) in [5, 5.41) is -12.1. The lowest BCUT2D eigenvalue weighted by atomic mass is 9.86. The molecule has 3 heteroatoms. The normalized spacial score (nSPS) is 20.2. The van der Waals surface area contributed by atoms with Crippen molar-refractivity contribution < 1.29 is 120 Å². The Bertz CT molecular complexity index is 13500. The van der Waals surface area contributed by atoms with Gasteiger partial charge in [0.25, 0.3) is 0 Å². The van der Waals surface area contributed by atoms with Gasteiger partial charge in [0.05, 0.1) is 107 Å². The first kappa shape index (κ1) is 29.5. The summed E-state index contributed by atoms with van der Waals surface area (Å²) >= 11 is 0.